The standard InChI is InChI=1S/C21H30ClN2O3/c1-23(20(26)27-16-24(2)14-8-3-9-15-24)21(13-7-6-12-19(21)25)17-10-4-5-11-18(17)22/h4-5,10-11H,3,6-9,12-16H2,1-2H3/q+1. The second kappa shape index (κ2) is 8.19. The molecule has 1 aromatic rings. The van der Waals surface area contributed by atoms with Gasteiger partial charge in [-0.3, -0.25) is 14.2 Å². The molecule has 0 radical (unpaired) electrons. The highest BCUT2D eigenvalue weighted by Crippen LogP contribution is 2.42. The highest BCUT2D eigenvalue weighted by Gasteiger charge is 2.48. The first-order chi connectivity index (χ1) is 12.9. The van der Waals surface area contributed by atoms with E-state index in [9.17, 15) is 9.59 Å². The molecule has 0 aromatic heterocycles. The maximum absolute atomic E-state index is 13.1. The van der Waals surface area contributed by atoms with Crippen molar-refractivity contribution < 1.29 is 18.8 Å². The maximum atomic E-state index is 13.1. The van der Waals surface area contributed by atoms with Gasteiger partial charge in [0.25, 0.3) is 0 Å². The number of piperidine rings is 1. The third-order valence-electron chi connectivity index (χ3n) is 6.22. The first kappa shape index (κ1) is 20.2. The summed E-state index contributed by atoms with van der Waals surface area (Å²) in [7, 11) is 3.80. The molecule has 3 rings (SSSR count). The summed E-state index contributed by atoms with van der Waals surface area (Å²) in [6, 6.07) is 7.34. The number of hydrogen-bond donors (Lipinski definition) is 0. The average Bonchev–Trinajstić information content (AvgIpc) is 2.67. The minimum absolute atomic E-state index is 0.0414. The topological polar surface area (TPSA) is 46.6 Å². The third-order valence-corrected chi connectivity index (χ3v) is 6.54. The number of likely N-dealkylation sites (N-methyl/N-ethyl adjacent to an activating group) is 1. The Hall–Kier alpha value is -1.59. The molecule has 2 fully saturated rings. The van der Waals surface area contributed by atoms with Gasteiger partial charge in [-0.25, -0.2) is 4.79 Å². The van der Waals surface area contributed by atoms with E-state index in [-0.39, 0.29) is 5.78 Å². The fourth-order valence-electron chi connectivity index (χ4n) is 4.50. The molecule has 148 valence electrons. The van der Waals surface area contributed by atoms with Crippen LogP contribution in [0.25, 0.3) is 0 Å². The van der Waals surface area contributed by atoms with Crippen molar-refractivity contribution in [2.75, 3.05) is 33.9 Å². The van der Waals surface area contributed by atoms with Gasteiger partial charge >= 0.3 is 6.09 Å². The van der Waals surface area contributed by atoms with E-state index in [1.807, 2.05) is 18.2 Å². The number of rotatable bonds is 4. The van der Waals surface area contributed by atoms with E-state index in [1.165, 1.54) is 11.3 Å². The average molecular weight is 394 g/mol. The zero-order chi connectivity index (χ0) is 19.5. The molecule has 1 unspecified atom stereocenters. The summed E-state index contributed by atoms with van der Waals surface area (Å²) in [6.07, 6.45) is 5.87. The molecular weight excluding hydrogens is 364 g/mol. The fourth-order valence-corrected chi connectivity index (χ4v) is 4.79. The summed E-state index contributed by atoms with van der Waals surface area (Å²) in [4.78, 5) is 27.5. The third kappa shape index (κ3) is 3.99. The van der Waals surface area contributed by atoms with E-state index in [4.69, 9.17) is 16.3 Å². The molecule has 1 aliphatic carbocycles. The molecule has 0 spiro atoms. The van der Waals surface area contributed by atoms with Gasteiger partial charge in [0, 0.05) is 24.1 Å². The lowest BCUT2D eigenvalue weighted by Crippen LogP contribution is -2.56. The minimum Gasteiger partial charge on any atom is -0.399 e. The summed E-state index contributed by atoms with van der Waals surface area (Å²) in [6.45, 7) is 2.38. The van der Waals surface area contributed by atoms with Crippen LogP contribution in [-0.4, -0.2) is 55.2 Å². The van der Waals surface area contributed by atoms with Gasteiger partial charge in [0.15, 0.2) is 5.78 Å². The van der Waals surface area contributed by atoms with Gasteiger partial charge in [0.2, 0.25) is 6.73 Å². The van der Waals surface area contributed by atoms with Gasteiger partial charge in [-0.05, 0) is 44.6 Å². The summed E-state index contributed by atoms with van der Waals surface area (Å²) in [5, 5.41) is 0.516. The number of likely N-dealkylation sites (tertiary alicyclic amines) is 1. The Labute approximate surface area is 166 Å². The molecule has 1 saturated carbocycles. The first-order valence-electron chi connectivity index (χ1n) is 9.91. The summed E-state index contributed by atoms with van der Waals surface area (Å²) < 4.78 is 6.44. The fraction of sp³-hybridized carbons (Fsp3) is 0.619. The van der Waals surface area contributed by atoms with Crippen LogP contribution in [0.1, 0.15) is 50.5 Å². The lowest BCUT2D eigenvalue weighted by atomic mass is 9.74. The number of benzene rings is 1. The van der Waals surface area contributed by atoms with Crippen LogP contribution < -0.4 is 0 Å². The Balaban J connectivity index is 1.83. The molecule has 1 aliphatic heterocycles. The Bertz CT molecular complexity index is 702. The number of ketones is 1. The molecule has 2 aliphatic rings. The second-order valence-corrected chi connectivity index (χ2v) is 8.60. The minimum atomic E-state index is -1.03. The Morgan fingerprint density at radius 3 is 2.56 bits per heavy atom. The lowest BCUT2D eigenvalue weighted by molar-refractivity contribution is -0.929. The molecular formula is C21H30ClN2O3+. The van der Waals surface area contributed by atoms with Crippen LogP contribution in [0, 0.1) is 0 Å². The Morgan fingerprint density at radius 1 is 1.19 bits per heavy atom. The van der Waals surface area contributed by atoms with E-state index in [0.717, 1.165) is 43.3 Å². The van der Waals surface area contributed by atoms with Crippen LogP contribution in [0.3, 0.4) is 0 Å². The van der Waals surface area contributed by atoms with Crippen LogP contribution >= 0.6 is 11.6 Å². The summed E-state index contributed by atoms with van der Waals surface area (Å²) in [5.74, 6) is 0.0414. The van der Waals surface area contributed by atoms with Crippen LogP contribution in [0.15, 0.2) is 24.3 Å². The summed E-state index contributed by atoms with van der Waals surface area (Å²) in [5.41, 5.74) is -0.331. The maximum Gasteiger partial charge on any atom is 0.414 e. The highest BCUT2D eigenvalue weighted by atomic mass is 35.5. The van der Waals surface area contributed by atoms with Crippen molar-refractivity contribution >= 4 is 23.5 Å². The number of quaternary nitrogens is 1. The molecule has 1 saturated heterocycles. The van der Waals surface area contributed by atoms with Crippen molar-refractivity contribution in [1.29, 1.82) is 0 Å². The predicted molar refractivity (Wildman–Crippen MR) is 105 cm³/mol. The second-order valence-electron chi connectivity index (χ2n) is 8.20. The van der Waals surface area contributed by atoms with E-state index in [2.05, 4.69) is 7.05 Å². The molecule has 27 heavy (non-hydrogen) atoms. The van der Waals surface area contributed by atoms with E-state index in [0.29, 0.717) is 30.2 Å². The van der Waals surface area contributed by atoms with E-state index >= 15 is 0 Å². The molecule has 0 bridgehead atoms. The summed E-state index contributed by atoms with van der Waals surface area (Å²) >= 11 is 6.45. The number of carbonyl (C=O) groups excluding carboxylic acids is 2. The zero-order valence-corrected chi connectivity index (χ0v) is 17.1. The van der Waals surface area contributed by atoms with Gasteiger partial charge in [-0.1, -0.05) is 29.8 Å². The molecule has 5 nitrogen and oxygen atoms in total. The van der Waals surface area contributed by atoms with Crippen molar-refractivity contribution in [1.82, 2.24) is 4.90 Å². The Kier molecular flexibility index (Phi) is 6.11. The number of nitrogens with zero attached hydrogens (tertiary/aromatic N) is 2. The quantitative estimate of drug-likeness (QED) is 0.715. The van der Waals surface area contributed by atoms with E-state index in [1.54, 1.807) is 13.1 Å². The van der Waals surface area contributed by atoms with Crippen LogP contribution in [-0.2, 0) is 15.1 Å². The van der Waals surface area contributed by atoms with Gasteiger partial charge in [-0.2, -0.15) is 0 Å². The monoisotopic (exact) mass is 393 g/mol. The van der Waals surface area contributed by atoms with Gasteiger partial charge in [0.1, 0.15) is 5.54 Å². The van der Waals surface area contributed by atoms with Crippen molar-refractivity contribution in [3.63, 3.8) is 0 Å². The van der Waals surface area contributed by atoms with Crippen molar-refractivity contribution in [3.05, 3.63) is 34.9 Å². The SMILES string of the molecule is CN(C(=O)OC[N+]1(C)CCCCC1)C1(c2ccccc2Cl)CCCCC1=O. The number of amides is 1. The number of hydrogen-bond acceptors (Lipinski definition) is 3. The van der Waals surface area contributed by atoms with Crippen molar-refractivity contribution in [3.8, 4) is 0 Å². The number of Topliss-reactive ketones (excluding diaryl/α,β-unsaturated/α-hetero) is 1. The largest absolute Gasteiger partial charge is 0.414 e. The molecule has 1 heterocycles. The normalized spacial score (nSPS) is 25.1. The van der Waals surface area contributed by atoms with Crippen LogP contribution in [0.2, 0.25) is 5.02 Å². The number of halogens is 1. The molecule has 1 atom stereocenters. The molecule has 6 heteroatoms. The van der Waals surface area contributed by atoms with Crippen molar-refractivity contribution in [2.45, 2.75) is 50.5 Å². The van der Waals surface area contributed by atoms with E-state index < -0.39 is 11.6 Å². The van der Waals surface area contributed by atoms with Crippen molar-refractivity contribution in [2.24, 2.45) is 0 Å². The van der Waals surface area contributed by atoms with Gasteiger partial charge < -0.3 is 4.74 Å². The Morgan fingerprint density at radius 2 is 1.89 bits per heavy atom. The zero-order valence-electron chi connectivity index (χ0n) is 16.4. The number of ether oxygens (including phenoxy) is 1. The molecule has 0 N–H and O–H groups in total. The van der Waals surface area contributed by atoms with Gasteiger partial charge in [0.05, 0.1) is 20.1 Å². The lowest BCUT2D eigenvalue weighted by Gasteiger charge is -2.44. The predicted octanol–water partition coefficient (Wildman–Crippen LogP) is 4.33. The molecule has 1 amide bonds. The van der Waals surface area contributed by atoms with Crippen LogP contribution in [0.4, 0.5) is 4.79 Å². The smallest absolute Gasteiger partial charge is 0.399 e. The van der Waals surface area contributed by atoms with Crippen LogP contribution in [0.5, 0.6) is 0 Å². The highest BCUT2D eigenvalue weighted by molar-refractivity contribution is 6.31. The number of carbonyl (C=O) groups is 2. The van der Waals surface area contributed by atoms with Gasteiger partial charge in [-0.15, -0.1) is 0 Å². The molecule has 1 aromatic carbocycles. The first-order valence-corrected chi connectivity index (χ1v) is 10.3.